The molecule has 0 saturated heterocycles. The SMILES string of the molecule is C=CCOC(=O)C1=C(C)OC(N)=C(C#N)[C@H]1c1ccc(Cl)cc1Cl. The Labute approximate surface area is 149 Å². The minimum Gasteiger partial charge on any atom is -0.458 e. The molecular weight excluding hydrogens is 351 g/mol. The Bertz CT molecular complexity index is 807. The standard InChI is InChI=1S/C17H14Cl2N2O3/c1-3-6-23-17(22)14-9(2)24-16(21)12(8-20)15(14)11-5-4-10(18)7-13(11)19/h3-5,7,15H,1,6,21H2,2H3/t15-/m1/s1. The van der Waals surface area contributed by atoms with E-state index in [1.54, 1.807) is 19.1 Å². The summed E-state index contributed by atoms with van der Waals surface area (Å²) < 4.78 is 10.4. The van der Waals surface area contributed by atoms with Gasteiger partial charge in [-0.15, -0.1) is 0 Å². The number of rotatable bonds is 4. The number of carbonyl (C=O) groups excluding carboxylic acids is 1. The van der Waals surface area contributed by atoms with Gasteiger partial charge in [-0.2, -0.15) is 5.26 Å². The van der Waals surface area contributed by atoms with Crippen LogP contribution in [-0.2, 0) is 14.3 Å². The fourth-order valence-corrected chi connectivity index (χ4v) is 2.92. The van der Waals surface area contributed by atoms with Gasteiger partial charge in [-0.25, -0.2) is 4.79 Å². The summed E-state index contributed by atoms with van der Waals surface area (Å²) in [6, 6.07) is 6.77. The van der Waals surface area contributed by atoms with Crippen molar-refractivity contribution >= 4 is 29.2 Å². The Balaban J connectivity index is 2.62. The van der Waals surface area contributed by atoms with E-state index in [0.29, 0.717) is 15.6 Å². The molecule has 1 heterocycles. The molecule has 0 saturated carbocycles. The van der Waals surface area contributed by atoms with Crippen LogP contribution in [0.3, 0.4) is 0 Å². The van der Waals surface area contributed by atoms with Crippen molar-refractivity contribution in [1.82, 2.24) is 0 Å². The topological polar surface area (TPSA) is 85.3 Å². The van der Waals surface area contributed by atoms with Crippen LogP contribution in [0, 0.1) is 11.3 Å². The number of hydrogen-bond donors (Lipinski definition) is 1. The van der Waals surface area contributed by atoms with Crippen molar-refractivity contribution in [3.05, 3.63) is 69.3 Å². The largest absolute Gasteiger partial charge is 0.458 e. The molecule has 0 fully saturated rings. The highest BCUT2D eigenvalue weighted by Crippen LogP contribution is 2.42. The van der Waals surface area contributed by atoms with E-state index in [-0.39, 0.29) is 29.4 Å². The number of allylic oxidation sites excluding steroid dienone is 2. The molecule has 2 rings (SSSR count). The monoisotopic (exact) mass is 364 g/mol. The molecule has 0 unspecified atom stereocenters. The van der Waals surface area contributed by atoms with Crippen molar-refractivity contribution in [3.8, 4) is 6.07 Å². The maximum atomic E-state index is 12.4. The summed E-state index contributed by atoms with van der Waals surface area (Å²) in [6.45, 7) is 5.10. The summed E-state index contributed by atoms with van der Waals surface area (Å²) in [5.74, 6) is -1.27. The lowest BCUT2D eigenvalue weighted by atomic mass is 9.83. The third kappa shape index (κ3) is 3.40. The second kappa shape index (κ2) is 7.43. The van der Waals surface area contributed by atoms with Gasteiger partial charge < -0.3 is 15.2 Å². The maximum absolute atomic E-state index is 12.4. The van der Waals surface area contributed by atoms with Crippen LogP contribution in [0.15, 0.2) is 53.6 Å². The summed E-state index contributed by atoms with van der Waals surface area (Å²) in [4.78, 5) is 12.4. The molecule has 0 aliphatic carbocycles. The fourth-order valence-electron chi connectivity index (χ4n) is 2.40. The van der Waals surface area contributed by atoms with Crippen LogP contribution in [0.2, 0.25) is 10.0 Å². The van der Waals surface area contributed by atoms with Gasteiger partial charge in [0.1, 0.15) is 24.0 Å². The number of nitriles is 1. The van der Waals surface area contributed by atoms with Gasteiger partial charge in [0.2, 0.25) is 5.88 Å². The zero-order valence-corrected chi connectivity index (χ0v) is 14.3. The highest BCUT2D eigenvalue weighted by Gasteiger charge is 2.37. The molecule has 0 aromatic heterocycles. The Morgan fingerprint density at radius 1 is 1.54 bits per heavy atom. The summed E-state index contributed by atoms with van der Waals surface area (Å²) in [7, 11) is 0. The lowest BCUT2D eigenvalue weighted by Crippen LogP contribution is -2.25. The second-order valence-corrected chi connectivity index (χ2v) is 5.79. The number of nitrogens with zero attached hydrogens (tertiary/aromatic N) is 1. The van der Waals surface area contributed by atoms with E-state index in [4.69, 9.17) is 38.4 Å². The van der Waals surface area contributed by atoms with E-state index in [2.05, 4.69) is 6.58 Å². The minimum absolute atomic E-state index is 0.0256. The van der Waals surface area contributed by atoms with E-state index in [1.165, 1.54) is 12.1 Å². The first-order valence-electron chi connectivity index (χ1n) is 6.92. The third-order valence-corrected chi connectivity index (χ3v) is 3.99. The van der Waals surface area contributed by atoms with Crippen LogP contribution in [0.4, 0.5) is 0 Å². The number of ether oxygens (including phenoxy) is 2. The number of nitrogens with two attached hydrogens (primary N) is 1. The Kier molecular flexibility index (Phi) is 5.55. The first-order chi connectivity index (χ1) is 11.4. The summed E-state index contributed by atoms with van der Waals surface area (Å²) in [5, 5.41) is 10.2. The molecule has 2 N–H and O–H groups in total. The number of carbonyl (C=O) groups is 1. The summed E-state index contributed by atoms with van der Waals surface area (Å²) in [5.41, 5.74) is 6.56. The summed E-state index contributed by atoms with van der Waals surface area (Å²) in [6.07, 6.45) is 1.44. The number of hydrogen-bond acceptors (Lipinski definition) is 5. The number of esters is 1. The summed E-state index contributed by atoms with van der Waals surface area (Å²) >= 11 is 12.2. The van der Waals surface area contributed by atoms with Gasteiger partial charge in [0, 0.05) is 10.0 Å². The Morgan fingerprint density at radius 2 is 2.25 bits per heavy atom. The lowest BCUT2D eigenvalue weighted by Gasteiger charge is -2.27. The van der Waals surface area contributed by atoms with Crippen molar-refractivity contribution in [1.29, 1.82) is 5.26 Å². The molecule has 1 aromatic carbocycles. The maximum Gasteiger partial charge on any atom is 0.338 e. The quantitative estimate of drug-likeness (QED) is 0.648. The van der Waals surface area contributed by atoms with Crippen LogP contribution >= 0.6 is 23.2 Å². The van der Waals surface area contributed by atoms with Crippen LogP contribution in [0.25, 0.3) is 0 Å². The third-order valence-electron chi connectivity index (χ3n) is 3.43. The van der Waals surface area contributed by atoms with E-state index in [1.807, 2.05) is 6.07 Å². The van der Waals surface area contributed by atoms with Crippen LogP contribution in [0.5, 0.6) is 0 Å². The van der Waals surface area contributed by atoms with Gasteiger partial charge >= 0.3 is 5.97 Å². The fraction of sp³-hybridized carbons (Fsp3) is 0.176. The highest BCUT2D eigenvalue weighted by molar-refractivity contribution is 6.35. The van der Waals surface area contributed by atoms with Gasteiger partial charge in [-0.3, -0.25) is 0 Å². The van der Waals surface area contributed by atoms with Crippen LogP contribution < -0.4 is 5.73 Å². The number of benzene rings is 1. The second-order valence-electron chi connectivity index (χ2n) is 4.95. The Hall–Kier alpha value is -2.42. The highest BCUT2D eigenvalue weighted by atomic mass is 35.5. The molecule has 0 spiro atoms. The smallest absolute Gasteiger partial charge is 0.338 e. The van der Waals surface area contributed by atoms with Gasteiger partial charge in [0.05, 0.1) is 11.5 Å². The van der Waals surface area contributed by atoms with Crippen molar-refractivity contribution < 1.29 is 14.3 Å². The molecule has 1 aliphatic heterocycles. The van der Waals surface area contributed by atoms with E-state index < -0.39 is 11.9 Å². The lowest BCUT2D eigenvalue weighted by molar-refractivity contribution is -0.138. The van der Waals surface area contributed by atoms with Crippen LogP contribution in [-0.4, -0.2) is 12.6 Å². The molecule has 0 radical (unpaired) electrons. The number of halogens is 2. The van der Waals surface area contributed by atoms with Gasteiger partial charge in [0.25, 0.3) is 0 Å². The van der Waals surface area contributed by atoms with Gasteiger partial charge in [0.15, 0.2) is 0 Å². The van der Waals surface area contributed by atoms with E-state index >= 15 is 0 Å². The molecule has 7 heteroatoms. The molecule has 0 bridgehead atoms. The molecule has 24 heavy (non-hydrogen) atoms. The minimum atomic E-state index is -0.800. The predicted molar refractivity (Wildman–Crippen MR) is 91.0 cm³/mol. The molecule has 5 nitrogen and oxygen atoms in total. The van der Waals surface area contributed by atoms with Crippen molar-refractivity contribution in [2.45, 2.75) is 12.8 Å². The predicted octanol–water partition coefficient (Wildman–Crippen LogP) is 3.80. The molecule has 1 aromatic rings. The zero-order chi connectivity index (χ0) is 17.9. The van der Waals surface area contributed by atoms with Gasteiger partial charge in [-0.1, -0.05) is 41.9 Å². The molecule has 0 amide bonds. The Morgan fingerprint density at radius 3 is 2.83 bits per heavy atom. The molecule has 124 valence electrons. The van der Waals surface area contributed by atoms with Gasteiger partial charge in [-0.05, 0) is 24.6 Å². The van der Waals surface area contributed by atoms with Crippen molar-refractivity contribution in [2.75, 3.05) is 6.61 Å². The first-order valence-corrected chi connectivity index (χ1v) is 7.67. The van der Waals surface area contributed by atoms with E-state index in [9.17, 15) is 10.1 Å². The average molecular weight is 365 g/mol. The van der Waals surface area contributed by atoms with Crippen molar-refractivity contribution in [2.24, 2.45) is 5.73 Å². The average Bonchev–Trinajstić information content (AvgIpc) is 2.52. The zero-order valence-electron chi connectivity index (χ0n) is 12.8. The normalized spacial score (nSPS) is 17.2. The van der Waals surface area contributed by atoms with Crippen LogP contribution in [0.1, 0.15) is 18.4 Å². The molecular formula is C17H14Cl2N2O3. The van der Waals surface area contributed by atoms with Crippen molar-refractivity contribution in [3.63, 3.8) is 0 Å². The molecule has 1 aliphatic rings. The molecule has 1 atom stereocenters. The van der Waals surface area contributed by atoms with E-state index in [0.717, 1.165) is 0 Å². The first kappa shape index (κ1) is 17.9.